The van der Waals surface area contributed by atoms with Crippen LogP contribution in [0, 0.1) is 5.82 Å². The molecule has 0 bridgehead atoms. The molecule has 1 aliphatic rings. The van der Waals surface area contributed by atoms with Crippen molar-refractivity contribution < 1.29 is 4.39 Å². The van der Waals surface area contributed by atoms with E-state index < -0.39 is 0 Å². The van der Waals surface area contributed by atoms with Gasteiger partial charge in [-0.15, -0.1) is 0 Å². The van der Waals surface area contributed by atoms with Gasteiger partial charge in [0, 0.05) is 21.8 Å². The van der Waals surface area contributed by atoms with Crippen LogP contribution >= 0.6 is 35.0 Å². The van der Waals surface area contributed by atoms with Crippen LogP contribution in [0.5, 0.6) is 0 Å². The van der Waals surface area contributed by atoms with Crippen LogP contribution < -0.4 is 5.56 Å². The Morgan fingerprint density at radius 2 is 1.90 bits per heavy atom. The lowest BCUT2D eigenvalue weighted by molar-refractivity contribution is 0.626. The predicted octanol–water partition coefficient (Wildman–Crippen LogP) is 5.70. The lowest BCUT2D eigenvalue weighted by atomic mass is 10.2. The van der Waals surface area contributed by atoms with Crippen molar-refractivity contribution in [3.05, 3.63) is 80.6 Å². The first-order valence-corrected chi connectivity index (χ1v) is 11.6. The second-order valence-corrected chi connectivity index (χ2v) is 9.31. The van der Waals surface area contributed by atoms with Gasteiger partial charge in [-0.1, -0.05) is 41.0 Å². The molecule has 0 N–H and O–H groups in total. The molecule has 2 aromatic heterocycles. The van der Waals surface area contributed by atoms with Gasteiger partial charge < -0.3 is 4.57 Å². The second kappa shape index (κ2) is 8.30. The summed E-state index contributed by atoms with van der Waals surface area (Å²) in [5.74, 6) is 0.286. The Hall–Kier alpha value is -2.35. The third-order valence-corrected chi connectivity index (χ3v) is 6.74. The summed E-state index contributed by atoms with van der Waals surface area (Å²) in [6.07, 6.45) is 4.49. The van der Waals surface area contributed by atoms with Gasteiger partial charge in [-0.2, -0.15) is 0 Å². The van der Waals surface area contributed by atoms with Crippen molar-refractivity contribution in [2.75, 3.05) is 5.75 Å². The van der Waals surface area contributed by atoms with Crippen LogP contribution in [0.3, 0.4) is 0 Å². The normalized spacial score (nSPS) is 13.8. The maximum Gasteiger partial charge on any atom is 0.286 e. The number of halogens is 3. The summed E-state index contributed by atoms with van der Waals surface area (Å²) < 4.78 is 16.9. The summed E-state index contributed by atoms with van der Waals surface area (Å²) in [5, 5.41) is 1.74. The fraction of sp³-hybridized carbons (Fsp3) is 0.227. The van der Waals surface area contributed by atoms with E-state index in [0.29, 0.717) is 50.3 Å². The molecule has 0 amide bonds. The number of thioether (sulfide) groups is 1. The molecule has 1 fully saturated rings. The first-order valence-electron chi connectivity index (χ1n) is 9.83. The maximum absolute atomic E-state index is 13.5. The topological polar surface area (TPSA) is 52.7 Å². The first-order chi connectivity index (χ1) is 15.0. The summed E-state index contributed by atoms with van der Waals surface area (Å²) in [5.41, 5.74) is 2.18. The zero-order valence-electron chi connectivity index (χ0n) is 16.3. The van der Waals surface area contributed by atoms with E-state index in [-0.39, 0.29) is 11.4 Å². The zero-order chi connectivity index (χ0) is 21.5. The Bertz CT molecular complexity index is 1330. The SMILES string of the molecule is O=c1c2ncn(C3CC3)c2nc(SCCc2ccc(Cl)cc2Cl)n1-c1ccc(F)cc1. The number of aromatic nitrogens is 4. The molecule has 0 radical (unpaired) electrons. The van der Waals surface area contributed by atoms with E-state index in [4.69, 9.17) is 28.2 Å². The Balaban J connectivity index is 1.53. The largest absolute Gasteiger partial charge is 0.312 e. The van der Waals surface area contributed by atoms with Crippen LogP contribution in [0.1, 0.15) is 24.4 Å². The van der Waals surface area contributed by atoms with Gasteiger partial charge in [0.05, 0.1) is 12.0 Å². The number of fused-ring (bicyclic) bond motifs is 1. The van der Waals surface area contributed by atoms with Crippen molar-refractivity contribution in [3.8, 4) is 5.69 Å². The van der Waals surface area contributed by atoms with Crippen LogP contribution in [0.25, 0.3) is 16.9 Å². The number of hydrogen-bond acceptors (Lipinski definition) is 4. The number of imidazole rings is 1. The van der Waals surface area contributed by atoms with Gasteiger partial charge in [0.25, 0.3) is 5.56 Å². The van der Waals surface area contributed by atoms with E-state index in [1.54, 1.807) is 30.6 Å². The highest BCUT2D eigenvalue weighted by Crippen LogP contribution is 2.36. The van der Waals surface area contributed by atoms with E-state index in [2.05, 4.69) is 4.98 Å². The molecule has 5 nitrogen and oxygen atoms in total. The Morgan fingerprint density at radius 1 is 1.13 bits per heavy atom. The van der Waals surface area contributed by atoms with E-state index in [9.17, 15) is 9.18 Å². The molecule has 0 unspecified atom stereocenters. The van der Waals surface area contributed by atoms with Gasteiger partial charge >= 0.3 is 0 Å². The minimum Gasteiger partial charge on any atom is -0.312 e. The first kappa shape index (κ1) is 20.5. The molecule has 4 aromatic rings. The molecule has 158 valence electrons. The summed E-state index contributed by atoms with van der Waals surface area (Å²) in [6, 6.07) is 11.6. The average molecular weight is 475 g/mol. The minimum absolute atomic E-state index is 0.261. The summed E-state index contributed by atoms with van der Waals surface area (Å²) >= 11 is 13.7. The van der Waals surface area contributed by atoms with E-state index in [1.165, 1.54) is 28.5 Å². The standard InChI is InChI=1S/C22H17Cl2FN4OS/c23-14-2-1-13(18(24)11-14)9-10-31-22-27-20-19(26-12-28(20)16-7-8-16)21(30)29(22)17-5-3-15(25)4-6-17/h1-6,11-12,16H,7-10H2. The van der Waals surface area contributed by atoms with E-state index >= 15 is 0 Å². The van der Waals surface area contributed by atoms with Gasteiger partial charge in [0.15, 0.2) is 16.3 Å². The van der Waals surface area contributed by atoms with Gasteiger partial charge in [-0.25, -0.2) is 14.4 Å². The molecule has 0 atom stereocenters. The van der Waals surface area contributed by atoms with E-state index in [0.717, 1.165) is 18.4 Å². The molecule has 0 aliphatic heterocycles. The number of benzene rings is 2. The quantitative estimate of drug-likeness (QED) is 0.265. The number of aryl methyl sites for hydroxylation is 1. The molecule has 9 heteroatoms. The Kier molecular flexibility index (Phi) is 5.50. The van der Waals surface area contributed by atoms with Gasteiger partial charge in [0.2, 0.25) is 0 Å². The van der Waals surface area contributed by atoms with Crippen LogP contribution in [-0.4, -0.2) is 24.9 Å². The van der Waals surface area contributed by atoms with E-state index in [1.807, 2.05) is 10.6 Å². The molecule has 5 rings (SSSR count). The van der Waals surface area contributed by atoms with Crippen LogP contribution in [0.2, 0.25) is 10.0 Å². The van der Waals surface area contributed by atoms with Crippen LogP contribution in [0.4, 0.5) is 4.39 Å². The average Bonchev–Trinajstić information content (AvgIpc) is 3.50. The number of nitrogens with zero attached hydrogens (tertiary/aromatic N) is 4. The lowest BCUT2D eigenvalue weighted by Gasteiger charge is -2.13. The van der Waals surface area contributed by atoms with Crippen LogP contribution in [-0.2, 0) is 6.42 Å². The smallest absolute Gasteiger partial charge is 0.286 e. The zero-order valence-corrected chi connectivity index (χ0v) is 18.6. The van der Waals surface area contributed by atoms with Crippen molar-refractivity contribution >= 4 is 46.1 Å². The Labute approximate surface area is 191 Å². The third-order valence-electron chi connectivity index (χ3n) is 5.21. The van der Waals surface area contributed by atoms with Gasteiger partial charge in [-0.3, -0.25) is 9.36 Å². The fourth-order valence-corrected chi connectivity index (χ4v) is 4.94. The minimum atomic E-state index is -0.365. The summed E-state index contributed by atoms with van der Waals surface area (Å²) in [7, 11) is 0. The van der Waals surface area contributed by atoms with Crippen molar-refractivity contribution in [2.45, 2.75) is 30.5 Å². The molecular formula is C22H17Cl2FN4OS. The molecule has 2 aromatic carbocycles. The molecule has 0 saturated heterocycles. The Morgan fingerprint density at radius 3 is 2.61 bits per heavy atom. The van der Waals surface area contributed by atoms with Crippen molar-refractivity contribution in [1.29, 1.82) is 0 Å². The second-order valence-electron chi connectivity index (χ2n) is 7.40. The number of hydrogen-bond donors (Lipinski definition) is 0. The van der Waals surface area contributed by atoms with Gasteiger partial charge in [-0.05, 0) is 61.2 Å². The van der Waals surface area contributed by atoms with Crippen molar-refractivity contribution in [1.82, 2.24) is 19.1 Å². The van der Waals surface area contributed by atoms with Crippen molar-refractivity contribution in [3.63, 3.8) is 0 Å². The molecule has 1 aliphatic carbocycles. The predicted molar refractivity (Wildman–Crippen MR) is 122 cm³/mol. The highest BCUT2D eigenvalue weighted by molar-refractivity contribution is 7.99. The monoisotopic (exact) mass is 474 g/mol. The molecular weight excluding hydrogens is 458 g/mol. The van der Waals surface area contributed by atoms with Crippen LogP contribution in [0.15, 0.2) is 58.7 Å². The summed E-state index contributed by atoms with van der Waals surface area (Å²) in [6.45, 7) is 0. The van der Waals surface area contributed by atoms with Gasteiger partial charge in [0.1, 0.15) is 5.82 Å². The highest BCUT2D eigenvalue weighted by Gasteiger charge is 2.27. The maximum atomic E-state index is 13.5. The fourth-order valence-electron chi connectivity index (χ4n) is 3.46. The van der Waals surface area contributed by atoms with Crippen molar-refractivity contribution in [2.24, 2.45) is 0 Å². The molecule has 2 heterocycles. The third kappa shape index (κ3) is 4.10. The molecule has 0 spiro atoms. The molecule has 31 heavy (non-hydrogen) atoms. The lowest BCUT2D eigenvalue weighted by Crippen LogP contribution is -2.22. The molecule has 1 saturated carbocycles. The summed E-state index contributed by atoms with van der Waals surface area (Å²) in [4.78, 5) is 22.4. The highest BCUT2D eigenvalue weighted by atomic mass is 35.5. The number of rotatable bonds is 6.